The van der Waals surface area contributed by atoms with Gasteiger partial charge in [-0.1, -0.05) is 25.4 Å². The Hall–Kier alpha value is -1.22. The Bertz CT molecular complexity index is 469. The van der Waals surface area contributed by atoms with Crippen molar-refractivity contribution in [2.24, 2.45) is 0 Å². The van der Waals surface area contributed by atoms with Gasteiger partial charge in [0.05, 0.1) is 13.2 Å². The van der Waals surface area contributed by atoms with Crippen molar-refractivity contribution in [3.05, 3.63) is 22.2 Å². The van der Waals surface area contributed by atoms with Gasteiger partial charge in [0.1, 0.15) is 6.29 Å². The number of rotatable bonds is 4. The minimum absolute atomic E-state index is 0.274. The second-order valence-corrected chi connectivity index (χ2v) is 5.40. The van der Waals surface area contributed by atoms with Gasteiger partial charge >= 0.3 is 0 Å². The maximum absolute atomic E-state index is 10.6. The Morgan fingerprint density at radius 2 is 2.11 bits per heavy atom. The van der Waals surface area contributed by atoms with Gasteiger partial charge in [-0.25, -0.2) is 0 Å². The van der Waals surface area contributed by atoms with Gasteiger partial charge in [-0.05, 0) is 17.9 Å². The summed E-state index contributed by atoms with van der Waals surface area (Å²) in [6.45, 7) is 5.51. The second kappa shape index (κ2) is 6.29. The van der Waals surface area contributed by atoms with E-state index in [1.807, 2.05) is 6.07 Å². The first-order chi connectivity index (χ1) is 9.15. The Morgan fingerprint density at radius 1 is 1.37 bits per heavy atom. The number of fused-ring (bicyclic) bond motifs is 1. The number of carbonyl (C=O) groups excluding carboxylic acids is 1. The molecule has 0 aromatic heterocycles. The van der Waals surface area contributed by atoms with Crippen LogP contribution in [0.25, 0.3) is 0 Å². The molecule has 1 aromatic rings. The standard InChI is InChI=1S/C15H19ClO3/c1-10(2)14-11(5-3-6-17)12(16)9-13-15(14)19-8-4-7-18-13/h6,9-10H,3-5,7-8H2,1-2H3. The number of halogens is 1. The number of hydrogen-bond donors (Lipinski definition) is 0. The summed E-state index contributed by atoms with van der Waals surface area (Å²) in [5.74, 6) is 1.80. The van der Waals surface area contributed by atoms with E-state index in [1.165, 1.54) is 0 Å². The average molecular weight is 283 g/mol. The Labute approximate surface area is 118 Å². The number of ether oxygens (including phenoxy) is 2. The molecule has 0 bridgehead atoms. The fourth-order valence-electron chi connectivity index (χ4n) is 2.41. The molecule has 1 aliphatic rings. The third-order valence-corrected chi connectivity index (χ3v) is 3.56. The predicted octanol–water partition coefficient (Wildman–Crippen LogP) is 3.76. The Morgan fingerprint density at radius 3 is 2.79 bits per heavy atom. The van der Waals surface area contributed by atoms with E-state index in [-0.39, 0.29) is 5.92 Å². The summed E-state index contributed by atoms with van der Waals surface area (Å²) in [6, 6.07) is 1.81. The molecule has 0 radical (unpaired) electrons. The third kappa shape index (κ3) is 3.03. The molecular formula is C15H19ClO3. The topological polar surface area (TPSA) is 35.5 Å². The third-order valence-electron chi connectivity index (χ3n) is 3.22. The maximum Gasteiger partial charge on any atom is 0.164 e. The molecule has 0 saturated heterocycles. The fraction of sp³-hybridized carbons (Fsp3) is 0.533. The molecule has 1 heterocycles. The smallest absolute Gasteiger partial charge is 0.164 e. The number of hydrogen-bond acceptors (Lipinski definition) is 3. The molecule has 4 heteroatoms. The van der Waals surface area contributed by atoms with Crippen LogP contribution >= 0.6 is 11.6 Å². The molecule has 0 saturated carbocycles. The Kier molecular flexibility index (Phi) is 4.70. The van der Waals surface area contributed by atoms with Gasteiger partial charge in [-0.2, -0.15) is 0 Å². The van der Waals surface area contributed by atoms with Crippen LogP contribution in [0.4, 0.5) is 0 Å². The van der Waals surface area contributed by atoms with Crippen LogP contribution in [0.1, 0.15) is 43.7 Å². The SMILES string of the molecule is CC(C)c1c(CCC=O)c(Cl)cc2c1OCCCO2. The van der Waals surface area contributed by atoms with E-state index in [4.69, 9.17) is 21.1 Å². The molecule has 0 atom stereocenters. The van der Waals surface area contributed by atoms with Crippen LogP contribution in [0.5, 0.6) is 11.5 Å². The monoisotopic (exact) mass is 282 g/mol. The number of carbonyl (C=O) groups is 1. The van der Waals surface area contributed by atoms with Gasteiger partial charge in [0.25, 0.3) is 0 Å². The van der Waals surface area contributed by atoms with Gasteiger partial charge in [-0.3, -0.25) is 0 Å². The van der Waals surface area contributed by atoms with Gasteiger partial charge in [0.2, 0.25) is 0 Å². The number of aldehydes is 1. The summed E-state index contributed by atoms with van der Waals surface area (Å²) in [5, 5.41) is 0.662. The van der Waals surface area contributed by atoms with E-state index < -0.39 is 0 Å². The second-order valence-electron chi connectivity index (χ2n) is 4.99. The van der Waals surface area contributed by atoms with E-state index in [0.717, 1.165) is 35.3 Å². The van der Waals surface area contributed by atoms with Crippen LogP contribution < -0.4 is 9.47 Å². The molecule has 0 N–H and O–H groups in total. The average Bonchev–Trinajstić information content (AvgIpc) is 2.60. The fourth-order valence-corrected chi connectivity index (χ4v) is 2.70. The summed E-state index contributed by atoms with van der Waals surface area (Å²) in [4.78, 5) is 10.6. The van der Waals surface area contributed by atoms with E-state index in [1.54, 1.807) is 0 Å². The molecule has 0 aliphatic carbocycles. The molecule has 3 nitrogen and oxygen atoms in total. The van der Waals surface area contributed by atoms with Crippen molar-refractivity contribution < 1.29 is 14.3 Å². The molecule has 1 aromatic carbocycles. The van der Waals surface area contributed by atoms with E-state index in [2.05, 4.69) is 13.8 Å². The summed E-state index contributed by atoms with van der Waals surface area (Å²) >= 11 is 6.35. The molecule has 19 heavy (non-hydrogen) atoms. The lowest BCUT2D eigenvalue weighted by molar-refractivity contribution is -0.107. The van der Waals surface area contributed by atoms with Gasteiger partial charge < -0.3 is 14.3 Å². The van der Waals surface area contributed by atoms with Crippen LogP contribution in [-0.2, 0) is 11.2 Å². The molecule has 0 spiro atoms. The highest BCUT2D eigenvalue weighted by molar-refractivity contribution is 6.31. The van der Waals surface area contributed by atoms with Gasteiger partial charge in [0.15, 0.2) is 11.5 Å². The van der Waals surface area contributed by atoms with Crippen molar-refractivity contribution in [1.82, 2.24) is 0 Å². The molecule has 2 rings (SSSR count). The van der Waals surface area contributed by atoms with Crippen molar-refractivity contribution in [3.8, 4) is 11.5 Å². The number of benzene rings is 1. The lowest BCUT2D eigenvalue weighted by Crippen LogP contribution is -2.04. The van der Waals surface area contributed by atoms with Crippen LogP contribution in [0.3, 0.4) is 0 Å². The predicted molar refractivity (Wildman–Crippen MR) is 75.5 cm³/mol. The first-order valence-electron chi connectivity index (χ1n) is 6.69. The minimum Gasteiger partial charge on any atom is -0.489 e. The highest BCUT2D eigenvalue weighted by Crippen LogP contribution is 2.43. The molecular weight excluding hydrogens is 264 g/mol. The van der Waals surface area contributed by atoms with Crippen molar-refractivity contribution in [1.29, 1.82) is 0 Å². The van der Waals surface area contributed by atoms with Crippen molar-refractivity contribution >= 4 is 17.9 Å². The van der Waals surface area contributed by atoms with E-state index >= 15 is 0 Å². The summed E-state index contributed by atoms with van der Waals surface area (Å²) in [7, 11) is 0. The molecule has 0 amide bonds. The first-order valence-corrected chi connectivity index (χ1v) is 7.07. The van der Waals surface area contributed by atoms with Crippen molar-refractivity contribution in [3.63, 3.8) is 0 Å². The van der Waals surface area contributed by atoms with E-state index in [0.29, 0.717) is 31.1 Å². The van der Waals surface area contributed by atoms with Gasteiger partial charge in [0, 0.05) is 29.5 Å². The molecule has 104 valence electrons. The highest BCUT2D eigenvalue weighted by Gasteiger charge is 2.23. The van der Waals surface area contributed by atoms with Crippen LogP contribution in [-0.4, -0.2) is 19.5 Å². The normalized spacial score (nSPS) is 14.3. The van der Waals surface area contributed by atoms with Crippen LogP contribution in [0.15, 0.2) is 6.07 Å². The van der Waals surface area contributed by atoms with Crippen molar-refractivity contribution in [2.45, 2.75) is 39.0 Å². The van der Waals surface area contributed by atoms with Crippen molar-refractivity contribution in [2.75, 3.05) is 13.2 Å². The summed E-state index contributed by atoms with van der Waals surface area (Å²) in [6.07, 6.45) is 2.91. The largest absolute Gasteiger partial charge is 0.489 e. The van der Waals surface area contributed by atoms with Gasteiger partial charge in [-0.15, -0.1) is 0 Å². The first kappa shape index (κ1) is 14.2. The Balaban J connectivity index is 2.53. The highest BCUT2D eigenvalue weighted by atomic mass is 35.5. The molecule has 0 fully saturated rings. The minimum atomic E-state index is 0.274. The maximum atomic E-state index is 10.6. The summed E-state index contributed by atoms with van der Waals surface area (Å²) < 4.78 is 11.5. The lowest BCUT2D eigenvalue weighted by Gasteiger charge is -2.20. The lowest BCUT2D eigenvalue weighted by atomic mass is 9.93. The zero-order valence-corrected chi connectivity index (χ0v) is 12.1. The van der Waals surface area contributed by atoms with E-state index in [9.17, 15) is 4.79 Å². The molecule has 1 aliphatic heterocycles. The summed E-state index contributed by atoms with van der Waals surface area (Å²) in [5.41, 5.74) is 2.08. The van der Waals surface area contributed by atoms with Crippen LogP contribution in [0.2, 0.25) is 5.02 Å². The van der Waals surface area contributed by atoms with Crippen LogP contribution in [0, 0.1) is 0 Å². The zero-order valence-electron chi connectivity index (χ0n) is 11.4. The zero-order chi connectivity index (χ0) is 13.8. The quantitative estimate of drug-likeness (QED) is 0.789. The molecule has 0 unspecified atom stereocenters.